The van der Waals surface area contributed by atoms with Crippen LogP contribution in [-0.4, -0.2) is 17.1 Å². The minimum Gasteiger partial charge on any atom is -0.351 e. The van der Waals surface area contributed by atoms with Gasteiger partial charge in [-0.1, -0.05) is 41.9 Å². The average molecular weight is 326 g/mol. The zero-order chi connectivity index (χ0) is 16.4. The van der Waals surface area contributed by atoms with Gasteiger partial charge in [-0.05, 0) is 44.7 Å². The highest BCUT2D eigenvalue weighted by Gasteiger charge is 2.27. The van der Waals surface area contributed by atoms with Crippen LogP contribution in [0.2, 0.25) is 5.15 Å². The van der Waals surface area contributed by atoms with Crippen LogP contribution < -0.4 is 4.90 Å². The van der Waals surface area contributed by atoms with Crippen LogP contribution in [0.5, 0.6) is 0 Å². The Morgan fingerprint density at radius 1 is 1.17 bits per heavy atom. The second-order valence-corrected chi connectivity index (χ2v) is 6.57. The molecule has 1 aromatic heterocycles. The van der Waals surface area contributed by atoms with Gasteiger partial charge in [0.05, 0.1) is 5.56 Å². The highest BCUT2D eigenvalue weighted by molar-refractivity contribution is 6.31. The number of hydrogen-bond donors (Lipinski definition) is 0. The first-order valence-corrected chi connectivity index (χ1v) is 8.44. The van der Waals surface area contributed by atoms with Gasteiger partial charge in [-0.25, -0.2) is 4.98 Å². The molecule has 0 saturated carbocycles. The molecule has 4 heteroatoms. The van der Waals surface area contributed by atoms with E-state index in [4.69, 9.17) is 11.6 Å². The average Bonchev–Trinajstić information content (AvgIpc) is 2.55. The van der Waals surface area contributed by atoms with Crippen molar-refractivity contribution in [3.05, 3.63) is 47.1 Å². The molecule has 0 aliphatic carbocycles. The molecular formula is C19H20ClN3. The number of aromatic nitrogens is 1. The van der Waals surface area contributed by atoms with E-state index in [-0.39, 0.29) is 5.15 Å². The monoisotopic (exact) mass is 325 g/mol. The second-order valence-electron chi connectivity index (χ2n) is 6.21. The van der Waals surface area contributed by atoms with Crippen molar-refractivity contribution in [3.8, 4) is 17.2 Å². The van der Waals surface area contributed by atoms with Gasteiger partial charge in [0.1, 0.15) is 17.0 Å². The van der Waals surface area contributed by atoms with E-state index < -0.39 is 0 Å². The maximum Gasteiger partial charge on any atom is 0.149 e. The minimum atomic E-state index is 0.286. The molecule has 1 aliphatic rings. The van der Waals surface area contributed by atoms with E-state index in [1.54, 1.807) is 0 Å². The summed E-state index contributed by atoms with van der Waals surface area (Å²) in [5.74, 6) is 0.868. The number of halogens is 1. The first-order valence-electron chi connectivity index (χ1n) is 8.06. The molecular weight excluding hydrogens is 306 g/mol. The summed E-state index contributed by atoms with van der Waals surface area (Å²) in [5, 5.41) is 9.76. The topological polar surface area (TPSA) is 39.9 Å². The van der Waals surface area contributed by atoms with Gasteiger partial charge in [-0.15, -0.1) is 0 Å². The third-order valence-corrected chi connectivity index (χ3v) is 4.89. The molecule has 0 bridgehead atoms. The Morgan fingerprint density at radius 3 is 2.43 bits per heavy atom. The van der Waals surface area contributed by atoms with E-state index in [0.717, 1.165) is 29.8 Å². The van der Waals surface area contributed by atoms with Crippen molar-refractivity contribution in [1.29, 1.82) is 5.26 Å². The number of rotatable bonds is 2. The van der Waals surface area contributed by atoms with Crippen molar-refractivity contribution in [2.45, 2.75) is 45.2 Å². The highest BCUT2D eigenvalue weighted by Crippen LogP contribution is 2.35. The van der Waals surface area contributed by atoms with Gasteiger partial charge in [-0.3, -0.25) is 0 Å². The maximum absolute atomic E-state index is 9.48. The molecule has 23 heavy (non-hydrogen) atoms. The van der Waals surface area contributed by atoms with Crippen molar-refractivity contribution >= 4 is 17.4 Å². The van der Waals surface area contributed by atoms with Crippen LogP contribution in [-0.2, 0) is 0 Å². The minimum absolute atomic E-state index is 0.286. The number of nitrogens with zero attached hydrogens (tertiary/aromatic N) is 3. The molecule has 1 aromatic carbocycles. The zero-order valence-corrected chi connectivity index (χ0v) is 14.2. The predicted octanol–water partition coefficient (Wildman–Crippen LogP) is 5.04. The number of pyridine rings is 1. The number of anilines is 1. The fourth-order valence-electron chi connectivity index (χ4n) is 3.46. The molecule has 0 spiro atoms. The van der Waals surface area contributed by atoms with Crippen molar-refractivity contribution in [2.75, 3.05) is 4.90 Å². The second kappa shape index (κ2) is 6.60. The lowest BCUT2D eigenvalue weighted by Crippen LogP contribution is -2.44. The fourth-order valence-corrected chi connectivity index (χ4v) is 3.69. The Hall–Kier alpha value is -2.05. The van der Waals surface area contributed by atoms with Crippen LogP contribution in [0.1, 0.15) is 38.7 Å². The Balaban J connectivity index is 2.13. The van der Waals surface area contributed by atoms with E-state index in [9.17, 15) is 5.26 Å². The lowest BCUT2D eigenvalue weighted by molar-refractivity contribution is 0.411. The summed E-state index contributed by atoms with van der Waals surface area (Å²) in [6, 6.07) is 15.0. The van der Waals surface area contributed by atoms with Crippen molar-refractivity contribution in [2.24, 2.45) is 0 Å². The van der Waals surface area contributed by atoms with E-state index >= 15 is 0 Å². The molecule has 0 N–H and O–H groups in total. The Labute approximate surface area is 142 Å². The number of hydrogen-bond acceptors (Lipinski definition) is 3. The van der Waals surface area contributed by atoms with E-state index in [0.29, 0.717) is 17.6 Å². The first kappa shape index (κ1) is 15.8. The van der Waals surface area contributed by atoms with Gasteiger partial charge in [-0.2, -0.15) is 5.26 Å². The number of benzene rings is 1. The van der Waals surface area contributed by atoms with Crippen LogP contribution in [0.4, 0.5) is 5.82 Å². The summed E-state index contributed by atoms with van der Waals surface area (Å²) < 4.78 is 0. The van der Waals surface area contributed by atoms with Crippen LogP contribution in [0.15, 0.2) is 36.4 Å². The van der Waals surface area contributed by atoms with Gasteiger partial charge in [0.25, 0.3) is 0 Å². The van der Waals surface area contributed by atoms with Gasteiger partial charge >= 0.3 is 0 Å². The summed E-state index contributed by atoms with van der Waals surface area (Å²) in [7, 11) is 0. The predicted molar refractivity (Wildman–Crippen MR) is 94.7 cm³/mol. The van der Waals surface area contributed by atoms with Gasteiger partial charge in [0.15, 0.2) is 0 Å². The molecule has 3 nitrogen and oxygen atoms in total. The number of nitriles is 1. The molecule has 2 unspecified atom stereocenters. The van der Waals surface area contributed by atoms with Crippen molar-refractivity contribution < 1.29 is 0 Å². The first-order chi connectivity index (χ1) is 11.1. The third-order valence-electron chi connectivity index (χ3n) is 4.62. The molecule has 0 amide bonds. The normalized spacial score (nSPS) is 21.0. The van der Waals surface area contributed by atoms with Crippen LogP contribution in [0.25, 0.3) is 11.1 Å². The van der Waals surface area contributed by atoms with Gasteiger partial charge in [0.2, 0.25) is 0 Å². The molecule has 2 aromatic rings. The smallest absolute Gasteiger partial charge is 0.149 e. The summed E-state index contributed by atoms with van der Waals surface area (Å²) in [6.07, 6.45) is 3.56. The zero-order valence-electron chi connectivity index (χ0n) is 13.5. The van der Waals surface area contributed by atoms with Gasteiger partial charge in [0, 0.05) is 17.6 Å². The summed E-state index contributed by atoms with van der Waals surface area (Å²) in [5.41, 5.74) is 2.29. The van der Waals surface area contributed by atoms with Gasteiger partial charge < -0.3 is 4.90 Å². The molecule has 0 radical (unpaired) electrons. The third kappa shape index (κ3) is 3.04. The van der Waals surface area contributed by atoms with Crippen LogP contribution in [0.3, 0.4) is 0 Å². The molecule has 2 atom stereocenters. The summed E-state index contributed by atoms with van der Waals surface area (Å²) >= 11 is 6.34. The molecule has 1 fully saturated rings. The lowest BCUT2D eigenvalue weighted by Gasteiger charge is -2.40. The summed E-state index contributed by atoms with van der Waals surface area (Å²) in [4.78, 5) is 6.86. The van der Waals surface area contributed by atoms with E-state index in [1.807, 2.05) is 36.4 Å². The van der Waals surface area contributed by atoms with Crippen molar-refractivity contribution in [3.63, 3.8) is 0 Å². The quantitative estimate of drug-likeness (QED) is 0.726. The fraction of sp³-hybridized carbons (Fsp3) is 0.368. The van der Waals surface area contributed by atoms with E-state index in [1.165, 1.54) is 6.42 Å². The van der Waals surface area contributed by atoms with Crippen molar-refractivity contribution in [1.82, 2.24) is 4.98 Å². The molecule has 1 aliphatic heterocycles. The van der Waals surface area contributed by atoms with Crippen LogP contribution in [0, 0.1) is 11.3 Å². The Bertz CT molecular complexity index is 726. The molecule has 2 heterocycles. The lowest BCUT2D eigenvalue weighted by atomic mass is 9.96. The Kier molecular flexibility index (Phi) is 4.54. The largest absolute Gasteiger partial charge is 0.351 e. The Morgan fingerprint density at radius 2 is 1.83 bits per heavy atom. The SMILES string of the molecule is CC1CCCC(C)N1c1cc(-c2ccccc2)c(C#N)c(Cl)n1. The highest BCUT2D eigenvalue weighted by atomic mass is 35.5. The van der Waals surface area contributed by atoms with E-state index in [2.05, 4.69) is 29.8 Å². The van der Waals surface area contributed by atoms with Crippen LogP contribution >= 0.6 is 11.6 Å². The standard InChI is InChI=1S/C19H20ClN3/c1-13-7-6-8-14(2)23(13)18-11-16(15-9-4-3-5-10-15)17(12-21)19(20)22-18/h3-5,9-11,13-14H,6-8H2,1-2H3. The number of piperidine rings is 1. The maximum atomic E-state index is 9.48. The molecule has 3 rings (SSSR count). The molecule has 118 valence electrons. The summed E-state index contributed by atoms with van der Waals surface area (Å²) in [6.45, 7) is 4.46. The molecule has 1 saturated heterocycles.